The molecule has 0 saturated carbocycles. The number of nitrogen functional groups attached to an aromatic ring is 1. The van der Waals surface area contributed by atoms with Gasteiger partial charge in [-0.1, -0.05) is 35.3 Å². The first-order valence-electron chi connectivity index (χ1n) is 8.55. The largest absolute Gasteiger partial charge is 0.382 e. The van der Waals surface area contributed by atoms with Crippen LogP contribution in [-0.2, 0) is 0 Å². The number of imidazole rings is 1. The van der Waals surface area contributed by atoms with E-state index in [1.54, 1.807) is 10.6 Å². The summed E-state index contributed by atoms with van der Waals surface area (Å²) in [5, 5.41) is 18.3. The van der Waals surface area contributed by atoms with Crippen LogP contribution in [0.1, 0.15) is 24.1 Å². The summed E-state index contributed by atoms with van der Waals surface area (Å²) < 4.78 is 1.55. The van der Waals surface area contributed by atoms with Gasteiger partial charge in [0, 0.05) is 16.1 Å². The normalized spacial score (nSPS) is 11.5. The Morgan fingerprint density at radius 1 is 1.20 bits per heavy atom. The Morgan fingerprint density at radius 2 is 2.00 bits per heavy atom. The molecular formula is C19H16Cl2N8S. The second-order valence-electron chi connectivity index (χ2n) is 6.27. The lowest BCUT2D eigenvalue weighted by molar-refractivity contribution is 0.840. The van der Waals surface area contributed by atoms with Gasteiger partial charge in [0.2, 0.25) is 0 Å². The highest BCUT2D eigenvalue weighted by Crippen LogP contribution is 2.32. The predicted molar refractivity (Wildman–Crippen MR) is 122 cm³/mol. The smallest absolute Gasteiger partial charge is 0.155 e. The van der Waals surface area contributed by atoms with E-state index in [1.165, 1.54) is 12.5 Å². The molecule has 152 valence electrons. The summed E-state index contributed by atoms with van der Waals surface area (Å²) in [5.41, 5.74) is 8.87. The molecule has 0 fully saturated rings. The number of anilines is 2. The van der Waals surface area contributed by atoms with Crippen LogP contribution < -0.4 is 11.1 Å². The lowest BCUT2D eigenvalue weighted by Crippen LogP contribution is -2.13. The van der Waals surface area contributed by atoms with Crippen molar-refractivity contribution in [1.82, 2.24) is 24.6 Å². The van der Waals surface area contributed by atoms with Gasteiger partial charge >= 0.3 is 0 Å². The number of nitrogens with two attached hydrogens (primary N) is 1. The molecule has 0 aliphatic carbocycles. The van der Waals surface area contributed by atoms with Crippen LogP contribution in [-0.4, -0.2) is 24.6 Å². The van der Waals surface area contributed by atoms with E-state index >= 15 is 0 Å². The minimum Gasteiger partial charge on any atom is -0.382 e. The Hall–Kier alpha value is -3.06. The lowest BCUT2D eigenvalue weighted by Gasteiger charge is -2.19. The van der Waals surface area contributed by atoms with Gasteiger partial charge in [-0.25, -0.2) is 19.5 Å². The molecule has 0 aliphatic rings. The van der Waals surface area contributed by atoms with Gasteiger partial charge in [0.25, 0.3) is 0 Å². The average molecular weight is 459 g/mol. The van der Waals surface area contributed by atoms with Crippen LogP contribution in [0.5, 0.6) is 0 Å². The van der Waals surface area contributed by atoms with Crippen molar-refractivity contribution in [3.05, 3.63) is 64.2 Å². The summed E-state index contributed by atoms with van der Waals surface area (Å²) in [6, 6.07) is 11.0. The molecule has 0 unspecified atom stereocenters. The molecule has 0 aliphatic heterocycles. The van der Waals surface area contributed by atoms with Gasteiger partial charge in [0.15, 0.2) is 10.8 Å². The molecule has 8 nitrogen and oxygen atoms in total. The van der Waals surface area contributed by atoms with E-state index in [-0.39, 0.29) is 30.9 Å². The molecule has 0 spiro atoms. The monoisotopic (exact) mass is 458 g/mol. The molecule has 0 amide bonds. The van der Waals surface area contributed by atoms with Gasteiger partial charge in [0.05, 0.1) is 17.9 Å². The quantitative estimate of drug-likeness (QED) is 0.469. The van der Waals surface area contributed by atoms with Crippen LogP contribution in [0.2, 0.25) is 10.2 Å². The molecule has 30 heavy (non-hydrogen) atoms. The zero-order valence-corrected chi connectivity index (χ0v) is 18.1. The Bertz CT molecular complexity index is 1270. The maximum absolute atomic E-state index is 9.38. The fourth-order valence-electron chi connectivity index (χ4n) is 2.99. The zero-order chi connectivity index (χ0) is 20.5. The second-order valence-corrected chi connectivity index (χ2v) is 7.09. The third-order valence-corrected chi connectivity index (χ3v) is 4.88. The van der Waals surface area contributed by atoms with Crippen LogP contribution in [0.3, 0.4) is 0 Å². The zero-order valence-electron chi connectivity index (χ0n) is 15.6. The molecule has 1 aromatic carbocycles. The van der Waals surface area contributed by atoms with Gasteiger partial charge in [-0.3, -0.25) is 0 Å². The first-order chi connectivity index (χ1) is 14.0. The third kappa shape index (κ3) is 3.98. The lowest BCUT2D eigenvalue weighted by atomic mass is 10.0. The summed E-state index contributed by atoms with van der Waals surface area (Å²) in [5.74, 6) is 0.451. The number of hydrogen-bond donors (Lipinski definition) is 2. The summed E-state index contributed by atoms with van der Waals surface area (Å²) >= 11 is 12.4. The molecular weight excluding hydrogens is 443 g/mol. The molecule has 0 saturated heterocycles. The van der Waals surface area contributed by atoms with Crippen molar-refractivity contribution in [2.75, 3.05) is 11.1 Å². The summed E-state index contributed by atoms with van der Waals surface area (Å²) in [6.07, 6.45) is 2.84. The number of nitrogens with one attached hydrogen (secondary N) is 1. The fourth-order valence-corrected chi connectivity index (χ4v) is 3.36. The minimum atomic E-state index is -0.293. The highest BCUT2D eigenvalue weighted by atomic mass is 35.5. The molecule has 3 N–H and O–H groups in total. The molecule has 3 aromatic heterocycles. The van der Waals surface area contributed by atoms with Crippen molar-refractivity contribution in [2.24, 2.45) is 0 Å². The highest BCUT2D eigenvalue weighted by molar-refractivity contribution is 7.59. The first-order valence-corrected chi connectivity index (χ1v) is 9.30. The first kappa shape index (κ1) is 21.6. The van der Waals surface area contributed by atoms with Crippen LogP contribution in [0.4, 0.5) is 11.6 Å². The van der Waals surface area contributed by atoms with Crippen LogP contribution >= 0.6 is 36.7 Å². The third-order valence-electron chi connectivity index (χ3n) is 4.39. The van der Waals surface area contributed by atoms with E-state index in [9.17, 15) is 5.26 Å². The second kappa shape index (κ2) is 8.75. The van der Waals surface area contributed by atoms with Crippen LogP contribution in [0.15, 0.2) is 42.9 Å². The Kier molecular flexibility index (Phi) is 6.31. The number of rotatable bonds is 4. The number of aromatic nitrogens is 5. The van der Waals surface area contributed by atoms with E-state index in [4.69, 9.17) is 28.9 Å². The Balaban J connectivity index is 0.00000256. The molecule has 11 heteroatoms. The predicted octanol–water partition coefficient (Wildman–Crippen LogP) is 4.23. The van der Waals surface area contributed by atoms with Gasteiger partial charge < -0.3 is 11.1 Å². The molecule has 4 aromatic rings. The molecule has 0 radical (unpaired) electrons. The van der Waals surface area contributed by atoms with E-state index in [2.05, 4.69) is 25.4 Å². The van der Waals surface area contributed by atoms with Crippen molar-refractivity contribution in [3.63, 3.8) is 0 Å². The average Bonchev–Trinajstić information content (AvgIpc) is 3.07. The Morgan fingerprint density at radius 3 is 2.73 bits per heavy atom. The number of fused-ring (bicyclic) bond motifs is 1. The van der Waals surface area contributed by atoms with E-state index in [1.807, 2.05) is 37.3 Å². The van der Waals surface area contributed by atoms with E-state index in [0.29, 0.717) is 27.3 Å². The van der Waals surface area contributed by atoms with Crippen molar-refractivity contribution < 1.29 is 0 Å². The Labute approximate surface area is 189 Å². The summed E-state index contributed by atoms with van der Waals surface area (Å²) in [6.45, 7) is 1.92. The standard InChI is InChI=1S/C19H14Cl2N8.H2S/c1-10(27-19-14(7-22)18(23)25-9-26-19)13-6-16-24-8-15(21)29(16)28-17(13)11-3-2-4-12(20)5-11;/h2-6,8-10H,1H3,(H3,23,25,26,27);1H2/t10-;/m0./s1. The van der Waals surface area contributed by atoms with Gasteiger partial charge in [0.1, 0.15) is 29.6 Å². The molecule has 0 bridgehead atoms. The van der Waals surface area contributed by atoms with Gasteiger partial charge in [-0.05, 0) is 25.1 Å². The van der Waals surface area contributed by atoms with Crippen molar-refractivity contribution in [3.8, 4) is 17.3 Å². The van der Waals surface area contributed by atoms with Crippen molar-refractivity contribution in [2.45, 2.75) is 13.0 Å². The van der Waals surface area contributed by atoms with Crippen LogP contribution in [0, 0.1) is 11.3 Å². The van der Waals surface area contributed by atoms with E-state index < -0.39 is 0 Å². The van der Waals surface area contributed by atoms with Crippen molar-refractivity contribution in [1.29, 1.82) is 5.26 Å². The maximum Gasteiger partial charge on any atom is 0.155 e. The number of hydrogen-bond acceptors (Lipinski definition) is 7. The topological polar surface area (TPSA) is 118 Å². The highest BCUT2D eigenvalue weighted by Gasteiger charge is 2.19. The minimum absolute atomic E-state index is 0. The molecule has 4 rings (SSSR count). The molecule has 1 atom stereocenters. The van der Waals surface area contributed by atoms with Gasteiger partial charge in [-0.2, -0.15) is 23.9 Å². The number of nitrogens with zero attached hydrogens (tertiary/aromatic N) is 6. The summed E-state index contributed by atoms with van der Waals surface area (Å²) in [7, 11) is 0. The number of benzene rings is 1. The number of halogens is 2. The fraction of sp³-hybridized carbons (Fsp3) is 0.105. The molecule has 3 heterocycles. The van der Waals surface area contributed by atoms with Crippen molar-refractivity contribution >= 4 is 54.0 Å². The van der Waals surface area contributed by atoms with E-state index in [0.717, 1.165) is 11.1 Å². The number of nitriles is 1. The van der Waals surface area contributed by atoms with Crippen LogP contribution in [0.25, 0.3) is 16.9 Å². The summed E-state index contributed by atoms with van der Waals surface area (Å²) in [4.78, 5) is 12.3. The van der Waals surface area contributed by atoms with Gasteiger partial charge in [-0.15, -0.1) is 0 Å². The SMILES string of the molecule is C[C@H](Nc1ncnc(N)c1C#N)c1cc2ncc(Cl)n2nc1-c1cccc(Cl)c1.S. The maximum atomic E-state index is 9.38.